The van der Waals surface area contributed by atoms with E-state index >= 15 is 0 Å². The quantitative estimate of drug-likeness (QED) is 0.795. The van der Waals surface area contributed by atoms with E-state index in [9.17, 15) is 4.79 Å². The lowest BCUT2D eigenvalue weighted by molar-refractivity contribution is 0.240. The molecule has 2 heterocycles. The molecule has 0 spiro atoms. The highest BCUT2D eigenvalue weighted by Gasteiger charge is 2.17. The topological polar surface area (TPSA) is 60.8 Å². The smallest absolute Gasteiger partial charge is 0.344 e. The zero-order valence-corrected chi connectivity index (χ0v) is 14.0. The molecule has 0 atom stereocenters. The lowest BCUT2D eigenvalue weighted by atomic mass is 10.1. The molecular weight excluding hydrogens is 294 g/mol. The van der Waals surface area contributed by atoms with Gasteiger partial charge in [-0.05, 0) is 48.5 Å². The van der Waals surface area contributed by atoms with Crippen LogP contribution in [0.4, 0.5) is 9.93 Å². The number of hydrogen-bond donors (Lipinski definition) is 1. The third-order valence-electron chi connectivity index (χ3n) is 2.83. The van der Waals surface area contributed by atoms with Crippen LogP contribution >= 0.6 is 20.7 Å². The summed E-state index contributed by atoms with van der Waals surface area (Å²) in [5.74, 6) is 0. The van der Waals surface area contributed by atoms with Crippen LogP contribution in [0.3, 0.4) is 0 Å². The van der Waals surface area contributed by atoms with E-state index in [2.05, 4.69) is 32.1 Å². The van der Waals surface area contributed by atoms with Crippen molar-refractivity contribution in [1.82, 2.24) is 15.2 Å². The van der Waals surface area contributed by atoms with Crippen molar-refractivity contribution < 1.29 is 4.79 Å². The third kappa shape index (κ3) is 4.53. The van der Waals surface area contributed by atoms with Gasteiger partial charge in [-0.25, -0.2) is 4.79 Å². The molecule has 0 radical (unpaired) electrons. The number of hydrogen-bond acceptors (Lipinski definition) is 6. The van der Waals surface area contributed by atoms with E-state index in [1.54, 1.807) is 10.3 Å². The maximum atomic E-state index is 11.7. The number of carbonyl (C=O) groups excluding carboxylic acids is 1. The zero-order valence-electron chi connectivity index (χ0n) is 12.3. The molecule has 8 heteroatoms. The minimum atomic E-state index is -0.330. The number of piperazine rings is 1. The zero-order chi connectivity index (χ0) is 14.8. The molecule has 1 aromatic rings. The van der Waals surface area contributed by atoms with Crippen molar-refractivity contribution in [3.63, 3.8) is 0 Å². The fourth-order valence-corrected chi connectivity index (χ4v) is 3.76. The fraction of sp³-hybridized carbons (Fsp3) is 0.750. The number of anilines is 1. The Balaban J connectivity index is 2.03. The highest BCUT2D eigenvalue weighted by molar-refractivity contribution is 7.69. The van der Waals surface area contributed by atoms with Crippen LogP contribution in [-0.4, -0.2) is 54.7 Å². The van der Waals surface area contributed by atoms with Crippen molar-refractivity contribution in [2.75, 3.05) is 38.1 Å². The van der Waals surface area contributed by atoms with Crippen LogP contribution in [0.25, 0.3) is 0 Å². The lowest BCUT2D eigenvalue weighted by Crippen LogP contribution is -2.44. The minimum Gasteiger partial charge on any atom is -0.345 e. The van der Waals surface area contributed by atoms with E-state index < -0.39 is 0 Å². The van der Waals surface area contributed by atoms with Crippen molar-refractivity contribution in [2.45, 2.75) is 26.3 Å². The van der Waals surface area contributed by atoms with E-state index in [-0.39, 0.29) is 11.6 Å². The second kappa shape index (κ2) is 6.19. The summed E-state index contributed by atoms with van der Waals surface area (Å²) >= 11 is 0. The predicted molar refractivity (Wildman–Crippen MR) is 83.5 cm³/mol. The van der Waals surface area contributed by atoms with Gasteiger partial charge in [0.25, 0.3) is 0 Å². The lowest BCUT2D eigenvalue weighted by Gasteiger charge is -2.31. The molecule has 1 fully saturated rings. The van der Waals surface area contributed by atoms with Gasteiger partial charge in [0.15, 0.2) is 5.13 Å². The Hall–Kier alpha value is -0.990. The van der Waals surface area contributed by atoms with Gasteiger partial charge in [-0.2, -0.15) is 9.98 Å². The molecule has 0 unspecified atom stereocenters. The van der Waals surface area contributed by atoms with Gasteiger partial charge in [0.2, 0.25) is 4.80 Å². The van der Waals surface area contributed by atoms with Crippen LogP contribution in [-0.2, 0) is 0 Å². The number of amides is 2. The molecule has 0 saturated carbocycles. The largest absolute Gasteiger partial charge is 0.345 e. The predicted octanol–water partition coefficient (Wildman–Crippen LogP) is 1.37. The third-order valence-corrected chi connectivity index (χ3v) is 4.89. The van der Waals surface area contributed by atoms with Crippen LogP contribution in [0.15, 0.2) is 4.99 Å². The molecule has 1 N–H and O–H groups in total. The Bertz CT molecular complexity index is 522. The number of urea groups is 1. The Morgan fingerprint density at radius 2 is 1.90 bits per heavy atom. The summed E-state index contributed by atoms with van der Waals surface area (Å²) in [6, 6.07) is -0.330. The maximum absolute atomic E-state index is 11.7. The number of nitrogens with one attached hydrogen (secondary N) is 1. The Morgan fingerprint density at radius 3 is 2.50 bits per heavy atom. The molecule has 0 aliphatic carbocycles. The first-order valence-electron chi connectivity index (χ1n) is 6.61. The van der Waals surface area contributed by atoms with Gasteiger partial charge in [-0.3, -0.25) is 0 Å². The Morgan fingerprint density at radius 1 is 1.25 bits per heavy atom. The van der Waals surface area contributed by atoms with E-state index in [0.29, 0.717) is 4.80 Å². The Labute approximate surface area is 126 Å². The van der Waals surface area contributed by atoms with Gasteiger partial charge >= 0.3 is 6.03 Å². The van der Waals surface area contributed by atoms with E-state index in [1.165, 1.54) is 10.3 Å². The van der Waals surface area contributed by atoms with Crippen molar-refractivity contribution in [3.8, 4) is 0 Å². The summed E-state index contributed by atoms with van der Waals surface area (Å²) < 4.78 is 0. The average molecular weight is 315 g/mol. The number of rotatable bonds is 1. The van der Waals surface area contributed by atoms with Gasteiger partial charge in [0.05, 0.1) is 0 Å². The molecular formula is C12H21N5OS2. The molecule has 2 rings (SSSR count). The van der Waals surface area contributed by atoms with Crippen LogP contribution in [0, 0.1) is 0 Å². The Kier molecular flexibility index (Phi) is 4.77. The van der Waals surface area contributed by atoms with Crippen LogP contribution in [0.2, 0.25) is 0 Å². The molecule has 1 aromatic heterocycles. The first-order chi connectivity index (χ1) is 9.33. The molecule has 0 aromatic carbocycles. The van der Waals surface area contributed by atoms with Crippen molar-refractivity contribution >= 4 is 31.8 Å². The van der Waals surface area contributed by atoms with E-state index in [4.69, 9.17) is 0 Å². The van der Waals surface area contributed by atoms with Gasteiger partial charge in [-0.1, -0.05) is 0 Å². The second-order valence-electron chi connectivity index (χ2n) is 5.93. The maximum Gasteiger partial charge on any atom is 0.344 e. The number of carbonyl (C=O) groups is 1. The summed E-state index contributed by atoms with van der Waals surface area (Å²) in [5, 5.41) is 3.77. The first-order valence-corrected chi connectivity index (χ1v) is 8.76. The van der Waals surface area contributed by atoms with Gasteiger partial charge in [-0.15, -0.1) is 0 Å². The fourth-order valence-electron chi connectivity index (χ4n) is 1.79. The molecule has 1 saturated heterocycles. The van der Waals surface area contributed by atoms with Crippen LogP contribution in [0.5, 0.6) is 0 Å². The standard InChI is InChI=1S/C12H21N5OS2/c1-12(2,3)15-9(18)13-10-14-11(20-19-10)17-7-5-16(4)6-8-17/h5-8H2,1-4H3,(H,15,18). The second-order valence-corrected chi connectivity index (χ2v) is 7.99. The average Bonchev–Trinajstić information content (AvgIpc) is 2.75. The van der Waals surface area contributed by atoms with Crippen molar-refractivity contribution in [2.24, 2.45) is 4.99 Å². The molecule has 0 bridgehead atoms. The highest BCUT2D eigenvalue weighted by atomic mass is 32.9. The molecule has 6 nitrogen and oxygen atoms in total. The summed E-state index contributed by atoms with van der Waals surface area (Å²) in [7, 11) is 5.15. The van der Waals surface area contributed by atoms with Crippen molar-refractivity contribution in [3.05, 3.63) is 4.80 Å². The summed E-state index contributed by atoms with van der Waals surface area (Å²) in [6.45, 7) is 9.83. The number of aromatic nitrogens is 1. The number of nitrogens with zero attached hydrogens (tertiary/aromatic N) is 4. The summed E-state index contributed by atoms with van der Waals surface area (Å²) in [5.41, 5.74) is -0.276. The molecule has 1 aliphatic heterocycles. The monoisotopic (exact) mass is 315 g/mol. The van der Waals surface area contributed by atoms with Crippen LogP contribution < -0.4 is 15.0 Å². The minimum absolute atomic E-state index is 0.276. The van der Waals surface area contributed by atoms with Crippen LogP contribution in [0.1, 0.15) is 20.8 Å². The SMILES string of the molecule is CN1CCN(c2nc(=NC(=O)NC(C)(C)C)ss2)CC1. The van der Waals surface area contributed by atoms with Gasteiger partial charge < -0.3 is 15.1 Å². The number of likely N-dealkylation sites (N-methyl/N-ethyl adjacent to an activating group) is 1. The first kappa shape index (κ1) is 15.4. The van der Waals surface area contributed by atoms with E-state index in [1.807, 2.05) is 20.8 Å². The normalized spacial score (nSPS) is 18.4. The summed E-state index contributed by atoms with van der Waals surface area (Å²) in [4.78, 5) is 25.3. The van der Waals surface area contributed by atoms with Gasteiger partial charge in [0, 0.05) is 31.7 Å². The summed E-state index contributed by atoms with van der Waals surface area (Å²) in [6.07, 6.45) is 0. The van der Waals surface area contributed by atoms with Gasteiger partial charge in [0.1, 0.15) is 0 Å². The molecule has 2 amide bonds. The highest BCUT2D eigenvalue weighted by Crippen LogP contribution is 2.19. The van der Waals surface area contributed by atoms with E-state index in [0.717, 1.165) is 31.3 Å². The molecule has 20 heavy (non-hydrogen) atoms. The molecule has 1 aliphatic rings. The molecule has 112 valence electrons. The van der Waals surface area contributed by atoms with Crippen molar-refractivity contribution in [1.29, 1.82) is 0 Å².